The Balaban J connectivity index is 1.19. The van der Waals surface area contributed by atoms with E-state index in [1.807, 2.05) is 12.1 Å². The fraction of sp³-hybridized carbons (Fsp3) is 0.304. The standard InChI is InChI=1S/C23H21FN4O5/c24-15-5-6-16-17(11-15)25-14-28(22(16)30)12-21(29)26-7-9-27(10-8-26)23(31)20-13-32-18-3-1-2-4-19(18)33-20/h1-6,11,14,20H,7-10,12-13H2. The number of ether oxygens (including phenoxy) is 2. The summed E-state index contributed by atoms with van der Waals surface area (Å²) < 4.78 is 26.0. The molecular weight excluding hydrogens is 431 g/mol. The Morgan fingerprint density at radius 1 is 1.03 bits per heavy atom. The van der Waals surface area contributed by atoms with Crippen molar-refractivity contribution in [2.45, 2.75) is 12.6 Å². The van der Waals surface area contributed by atoms with Crippen molar-refractivity contribution in [3.05, 3.63) is 65.0 Å². The number of aromatic nitrogens is 2. The lowest BCUT2D eigenvalue weighted by molar-refractivity contribution is -0.146. The zero-order chi connectivity index (χ0) is 22.9. The molecule has 2 amide bonds. The second kappa shape index (κ2) is 8.53. The third-order valence-corrected chi connectivity index (χ3v) is 5.82. The van der Waals surface area contributed by atoms with Gasteiger partial charge >= 0.3 is 0 Å². The van der Waals surface area contributed by atoms with Gasteiger partial charge in [0.25, 0.3) is 11.5 Å². The summed E-state index contributed by atoms with van der Waals surface area (Å²) >= 11 is 0. The summed E-state index contributed by atoms with van der Waals surface area (Å²) in [7, 11) is 0. The van der Waals surface area contributed by atoms with Gasteiger partial charge in [-0.25, -0.2) is 9.37 Å². The van der Waals surface area contributed by atoms with Gasteiger partial charge in [0, 0.05) is 32.2 Å². The van der Waals surface area contributed by atoms with Crippen molar-refractivity contribution < 1.29 is 23.5 Å². The van der Waals surface area contributed by atoms with Crippen molar-refractivity contribution in [1.29, 1.82) is 0 Å². The van der Waals surface area contributed by atoms with Crippen molar-refractivity contribution in [3.63, 3.8) is 0 Å². The second-order valence-corrected chi connectivity index (χ2v) is 7.91. The smallest absolute Gasteiger partial charge is 0.267 e. The Labute approximate surface area is 187 Å². The van der Waals surface area contributed by atoms with Crippen molar-refractivity contribution in [3.8, 4) is 11.5 Å². The number of carbonyl (C=O) groups excluding carboxylic acids is 2. The summed E-state index contributed by atoms with van der Waals surface area (Å²) in [6.07, 6.45) is 0.522. The van der Waals surface area contributed by atoms with Crippen molar-refractivity contribution in [2.75, 3.05) is 32.8 Å². The summed E-state index contributed by atoms with van der Waals surface area (Å²) in [5.74, 6) is 0.232. The van der Waals surface area contributed by atoms with Crippen LogP contribution >= 0.6 is 0 Å². The summed E-state index contributed by atoms with van der Waals surface area (Å²) in [5, 5.41) is 0.249. The fourth-order valence-electron chi connectivity index (χ4n) is 4.01. The Bertz CT molecular complexity index is 1290. The highest BCUT2D eigenvalue weighted by Gasteiger charge is 2.33. The topological polar surface area (TPSA) is 94.0 Å². The number of piperazine rings is 1. The lowest BCUT2D eigenvalue weighted by atomic mass is 10.2. The van der Waals surface area contributed by atoms with Crippen molar-refractivity contribution in [1.82, 2.24) is 19.4 Å². The van der Waals surface area contributed by atoms with E-state index in [1.165, 1.54) is 29.1 Å². The van der Waals surface area contributed by atoms with Gasteiger partial charge in [-0.15, -0.1) is 0 Å². The predicted molar refractivity (Wildman–Crippen MR) is 115 cm³/mol. The molecule has 5 rings (SSSR count). The molecule has 1 atom stereocenters. The van der Waals surface area contributed by atoms with Crippen LogP contribution in [0.5, 0.6) is 11.5 Å². The SMILES string of the molecule is O=C(Cn1cnc2cc(F)ccc2c1=O)N1CCN(C(=O)C2COc3ccccc3O2)CC1. The van der Waals surface area contributed by atoms with E-state index in [0.717, 1.165) is 0 Å². The normalized spacial score (nSPS) is 17.8. The summed E-state index contributed by atoms with van der Waals surface area (Å²) in [6.45, 7) is 1.36. The number of para-hydroxylation sites is 2. The summed E-state index contributed by atoms with van der Waals surface area (Å²) in [6, 6.07) is 10.9. The van der Waals surface area contributed by atoms with Gasteiger partial charge < -0.3 is 19.3 Å². The van der Waals surface area contributed by atoms with E-state index in [0.29, 0.717) is 37.7 Å². The van der Waals surface area contributed by atoms with E-state index in [1.54, 1.807) is 21.9 Å². The third kappa shape index (κ3) is 4.11. The number of fused-ring (bicyclic) bond motifs is 2. The van der Waals surface area contributed by atoms with E-state index in [2.05, 4.69) is 4.98 Å². The zero-order valence-electron chi connectivity index (χ0n) is 17.6. The molecule has 0 radical (unpaired) electrons. The van der Waals surface area contributed by atoms with Crippen LogP contribution in [0.25, 0.3) is 10.9 Å². The fourth-order valence-corrected chi connectivity index (χ4v) is 4.01. The molecule has 3 aromatic rings. The van der Waals surface area contributed by atoms with Gasteiger partial charge in [0.15, 0.2) is 11.5 Å². The minimum atomic E-state index is -0.728. The van der Waals surface area contributed by atoms with Crippen molar-refractivity contribution >= 4 is 22.7 Å². The highest BCUT2D eigenvalue weighted by atomic mass is 19.1. The predicted octanol–water partition coefficient (Wildman–Crippen LogP) is 1.05. The molecule has 2 aliphatic heterocycles. The molecule has 170 valence electrons. The maximum absolute atomic E-state index is 13.3. The lowest BCUT2D eigenvalue weighted by Crippen LogP contribution is -2.55. The number of nitrogens with zero attached hydrogens (tertiary/aromatic N) is 4. The minimum absolute atomic E-state index is 0.136. The largest absolute Gasteiger partial charge is 0.485 e. The summed E-state index contributed by atoms with van der Waals surface area (Å²) in [4.78, 5) is 45.6. The first-order chi connectivity index (χ1) is 16.0. The molecule has 1 saturated heterocycles. The van der Waals surface area contributed by atoms with Gasteiger partial charge in [0.1, 0.15) is 19.0 Å². The van der Waals surface area contributed by atoms with Crippen LogP contribution in [0.4, 0.5) is 4.39 Å². The lowest BCUT2D eigenvalue weighted by Gasteiger charge is -2.37. The Kier molecular flexibility index (Phi) is 5.41. The molecular formula is C23H21FN4O5. The number of amides is 2. The number of hydrogen-bond acceptors (Lipinski definition) is 6. The molecule has 2 aromatic carbocycles. The van der Waals surface area contributed by atoms with Crippen LogP contribution in [0, 0.1) is 5.82 Å². The Morgan fingerprint density at radius 2 is 1.76 bits per heavy atom. The maximum Gasteiger partial charge on any atom is 0.267 e. The van der Waals surface area contributed by atoms with E-state index in [9.17, 15) is 18.8 Å². The summed E-state index contributed by atoms with van der Waals surface area (Å²) in [5.41, 5.74) is -0.163. The number of rotatable bonds is 3. The molecule has 10 heteroatoms. The first kappa shape index (κ1) is 20.9. The maximum atomic E-state index is 13.3. The van der Waals surface area contributed by atoms with Gasteiger partial charge in [0.2, 0.25) is 12.0 Å². The highest BCUT2D eigenvalue weighted by molar-refractivity contribution is 5.83. The molecule has 1 aromatic heterocycles. The van der Waals surface area contributed by atoms with Crippen LogP contribution in [0.3, 0.4) is 0 Å². The third-order valence-electron chi connectivity index (χ3n) is 5.82. The van der Waals surface area contributed by atoms with Gasteiger partial charge in [-0.05, 0) is 24.3 Å². The van der Waals surface area contributed by atoms with E-state index < -0.39 is 17.5 Å². The second-order valence-electron chi connectivity index (χ2n) is 7.91. The van der Waals surface area contributed by atoms with E-state index >= 15 is 0 Å². The Hall–Kier alpha value is -3.95. The molecule has 9 nitrogen and oxygen atoms in total. The van der Waals surface area contributed by atoms with Crippen LogP contribution in [0.2, 0.25) is 0 Å². The molecule has 0 bridgehead atoms. The zero-order valence-corrected chi connectivity index (χ0v) is 17.6. The number of carbonyl (C=O) groups is 2. The molecule has 3 heterocycles. The molecule has 1 unspecified atom stereocenters. The molecule has 0 spiro atoms. The monoisotopic (exact) mass is 452 g/mol. The van der Waals surface area contributed by atoms with Crippen LogP contribution in [-0.2, 0) is 16.1 Å². The number of halogens is 1. The molecule has 0 N–H and O–H groups in total. The average molecular weight is 452 g/mol. The molecule has 0 aliphatic carbocycles. The molecule has 33 heavy (non-hydrogen) atoms. The van der Waals surface area contributed by atoms with Gasteiger partial charge in [0.05, 0.1) is 17.2 Å². The quantitative estimate of drug-likeness (QED) is 0.590. The van der Waals surface area contributed by atoms with E-state index in [-0.39, 0.29) is 35.9 Å². The molecule has 0 saturated carbocycles. The van der Waals surface area contributed by atoms with Gasteiger partial charge in [-0.1, -0.05) is 12.1 Å². The minimum Gasteiger partial charge on any atom is -0.485 e. The van der Waals surface area contributed by atoms with Crippen molar-refractivity contribution in [2.24, 2.45) is 0 Å². The Morgan fingerprint density at radius 3 is 2.55 bits per heavy atom. The van der Waals surface area contributed by atoms with Crippen LogP contribution in [0.1, 0.15) is 0 Å². The molecule has 1 fully saturated rings. The highest BCUT2D eigenvalue weighted by Crippen LogP contribution is 2.31. The molecule has 2 aliphatic rings. The van der Waals surface area contributed by atoms with Crippen LogP contribution in [-0.4, -0.2) is 70.1 Å². The number of benzene rings is 2. The van der Waals surface area contributed by atoms with Gasteiger partial charge in [-0.2, -0.15) is 0 Å². The van der Waals surface area contributed by atoms with E-state index in [4.69, 9.17) is 9.47 Å². The first-order valence-electron chi connectivity index (χ1n) is 10.6. The van der Waals surface area contributed by atoms with Crippen LogP contribution in [0.15, 0.2) is 53.6 Å². The van der Waals surface area contributed by atoms with Gasteiger partial charge in [-0.3, -0.25) is 19.0 Å². The number of hydrogen-bond donors (Lipinski definition) is 0. The van der Waals surface area contributed by atoms with Crippen LogP contribution < -0.4 is 15.0 Å². The first-order valence-corrected chi connectivity index (χ1v) is 10.6. The average Bonchev–Trinajstić information content (AvgIpc) is 2.85.